The van der Waals surface area contributed by atoms with E-state index in [-0.39, 0.29) is 23.8 Å². The fraction of sp³-hybridized carbons (Fsp3) is 0.200. The molecule has 0 bridgehead atoms. The van der Waals surface area contributed by atoms with Crippen LogP contribution >= 0.6 is 0 Å². The van der Waals surface area contributed by atoms with Crippen molar-refractivity contribution >= 4 is 0 Å². The minimum absolute atomic E-state index is 0.0171. The predicted octanol–water partition coefficient (Wildman–Crippen LogP) is 1.80. The number of hydrogen-bond donors (Lipinski definition) is 0. The van der Waals surface area contributed by atoms with Crippen LogP contribution in [0.25, 0.3) is 11.4 Å². The van der Waals surface area contributed by atoms with Gasteiger partial charge in [-0.2, -0.15) is 4.98 Å². The highest BCUT2D eigenvalue weighted by Gasteiger charge is 2.12. The van der Waals surface area contributed by atoms with Gasteiger partial charge < -0.3 is 9.26 Å². The van der Waals surface area contributed by atoms with E-state index in [4.69, 9.17) is 9.26 Å². The Bertz CT molecular complexity index is 904. The van der Waals surface area contributed by atoms with Crippen molar-refractivity contribution in [2.24, 2.45) is 0 Å². The highest BCUT2D eigenvalue weighted by Crippen LogP contribution is 2.19. The number of nitrogens with zero attached hydrogens (tertiary/aromatic N) is 4. The lowest BCUT2D eigenvalue weighted by molar-refractivity contribution is 0.348. The van der Waals surface area contributed by atoms with Gasteiger partial charge in [0.15, 0.2) is 0 Å². The molecule has 0 saturated heterocycles. The van der Waals surface area contributed by atoms with Crippen molar-refractivity contribution in [1.82, 2.24) is 19.9 Å². The molecule has 0 fully saturated rings. The molecule has 0 aliphatic heterocycles. The highest BCUT2D eigenvalue weighted by atomic mass is 19.1. The van der Waals surface area contributed by atoms with Crippen molar-refractivity contribution in [2.45, 2.75) is 13.5 Å². The molecule has 8 heteroatoms. The molecule has 0 radical (unpaired) electrons. The molecular weight excluding hydrogens is 303 g/mol. The third kappa shape index (κ3) is 3.10. The van der Waals surface area contributed by atoms with Gasteiger partial charge >= 0.3 is 0 Å². The van der Waals surface area contributed by atoms with Crippen molar-refractivity contribution in [3.05, 3.63) is 58.0 Å². The number of rotatable bonds is 4. The van der Waals surface area contributed by atoms with Crippen molar-refractivity contribution in [1.29, 1.82) is 0 Å². The Labute approximate surface area is 130 Å². The molecule has 23 heavy (non-hydrogen) atoms. The zero-order chi connectivity index (χ0) is 16.4. The lowest BCUT2D eigenvalue weighted by Crippen LogP contribution is -2.22. The van der Waals surface area contributed by atoms with Gasteiger partial charge in [0.1, 0.15) is 12.4 Å². The number of aromatic nitrogens is 4. The smallest absolute Gasteiger partial charge is 0.267 e. The second-order valence-electron chi connectivity index (χ2n) is 4.85. The van der Waals surface area contributed by atoms with E-state index in [2.05, 4.69) is 15.2 Å². The molecular formula is C15H13FN4O3. The normalized spacial score (nSPS) is 10.7. The Kier molecular flexibility index (Phi) is 3.88. The molecule has 3 rings (SSSR count). The second kappa shape index (κ2) is 5.99. The van der Waals surface area contributed by atoms with Gasteiger partial charge in [-0.1, -0.05) is 5.16 Å². The molecule has 0 unspecified atom stereocenters. The molecule has 0 atom stereocenters. The van der Waals surface area contributed by atoms with Crippen molar-refractivity contribution in [3.8, 4) is 17.3 Å². The zero-order valence-corrected chi connectivity index (χ0v) is 12.5. The number of hydrogen-bond acceptors (Lipinski definition) is 6. The van der Waals surface area contributed by atoms with E-state index < -0.39 is 0 Å². The zero-order valence-electron chi connectivity index (χ0n) is 12.5. The Hall–Kier alpha value is -3.03. The highest BCUT2D eigenvalue weighted by molar-refractivity contribution is 5.55. The summed E-state index contributed by atoms with van der Waals surface area (Å²) in [4.78, 5) is 16.0. The third-order valence-electron chi connectivity index (χ3n) is 3.22. The number of benzene rings is 1. The van der Waals surface area contributed by atoms with Crippen LogP contribution in [0.5, 0.6) is 5.88 Å². The molecule has 2 heterocycles. The van der Waals surface area contributed by atoms with Gasteiger partial charge in [0.2, 0.25) is 17.6 Å². The van der Waals surface area contributed by atoms with Crippen molar-refractivity contribution in [3.63, 3.8) is 0 Å². The van der Waals surface area contributed by atoms with Crippen LogP contribution in [0.2, 0.25) is 0 Å². The first kappa shape index (κ1) is 14.9. The maximum absolute atomic E-state index is 13.3. The number of aryl methyl sites for hydroxylation is 1. The molecule has 0 aliphatic rings. The SMILES string of the molecule is COc1ccc(=O)n(Cc2nc(-c3ccc(F)c(C)c3)no2)n1. The molecule has 1 aromatic carbocycles. The van der Waals surface area contributed by atoms with E-state index in [9.17, 15) is 9.18 Å². The van der Waals surface area contributed by atoms with E-state index in [0.29, 0.717) is 22.8 Å². The van der Waals surface area contributed by atoms with Crippen molar-refractivity contribution < 1.29 is 13.7 Å². The summed E-state index contributed by atoms with van der Waals surface area (Å²) < 4.78 is 24.6. The first-order valence-electron chi connectivity index (χ1n) is 6.78. The van der Waals surface area contributed by atoms with Crippen LogP contribution < -0.4 is 10.3 Å². The number of halogens is 1. The molecule has 3 aromatic rings. The maximum Gasteiger partial charge on any atom is 0.267 e. The standard InChI is InChI=1S/C15H13FN4O3/c1-9-7-10(3-4-11(9)16)15-17-13(23-19-15)8-20-14(21)6-5-12(18-20)22-2/h3-7H,8H2,1-2H3. The summed E-state index contributed by atoms with van der Waals surface area (Å²) in [6.45, 7) is 1.67. The Morgan fingerprint density at radius 1 is 1.30 bits per heavy atom. The van der Waals surface area contributed by atoms with Crippen LogP contribution in [0.1, 0.15) is 11.5 Å². The fourth-order valence-corrected chi connectivity index (χ4v) is 2.00. The van der Waals surface area contributed by atoms with E-state index in [1.165, 1.54) is 25.3 Å². The van der Waals surface area contributed by atoms with Gasteiger partial charge in [-0.05, 0) is 30.7 Å². The fourth-order valence-electron chi connectivity index (χ4n) is 2.00. The van der Waals surface area contributed by atoms with Gasteiger partial charge in [-0.15, -0.1) is 5.10 Å². The van der Waals surface area contributed by atoms with Crippen LogP contribution in [0.3, 0.4) is 0 Å². The second-order valence-corrected chi connectivity index (χ2v) is 4.85. The molecule has 118 valence electrons. The van der Waals surface area contributed by atoms with Gasteiger partial charge in [-0.3, -0.25) is 4.79 Å². The summed E-state index contributed by atoms with van der Waals surface area (Å²) in [5, 5.41) is 7.84. The lowest BCUT2D eigenvalue weighted by atomic mass is 10.1. The molecule has 7 nitrogen and oxygen atoms in total. The summed E-state index contributed by atoms with van der Waals surface area (Å²) >= 11 is 0. The summed E-state index contributed by atoms with van der Waals surface area (Å²) in [5.74, 6) is 0.534. The van der Waals surface area contributed by atoms with E-state index in [1.807, 2.05) is 0 Å². The average Bonchev–Trinajstić information content (AvgIpc) is 3.01. The Morgan fingerprint density at radius 3 is 2.87 bits per heavy atom. The van der Waals surface area contributed by atoms with Crippen LogP contribution in [0.4, 0.5) is 4.39 Å². The van der Waals surface area contributed by atoms with Gasteiger partial charge in [0.05, 0.1) is 7.11 Å². The Balaban J connectivity index is 1.87. The van der Waals surface area contributed by atoms with Crippen LogP contribution in [0.15, 0.2) is 39.6 Å². The van der Waals surface area contributed by atoms with Crippen LogP contribution in [0, 0.1) is 12.7 Å². The van der Waals surface area contributed by atoms with E-state index in [1.54, 1.807) is 19.1 Å². The average molecular weight is 316 g/mol. The first-order chi connectivity index (χ1) is 11.1. The monoisotopic (exact) mass is 316 g/mol. The maximum atomic E-state index is 13.3. The molecule has 0 N–H and O–H groups in total. The first-order valence-corrected chi connectivity index (χ1v) is 6.78. The minimum atomic E-state index is -0.317. The van der Waals surface area contributed by atoms with Crippen LogP contribution in [-0.4, -0.2) is 27.0 Å². The summed E-state index contributed by atoms with van der Waals surface area (Å²) in [7, 11) is 1.46. The van der Waals surface area contributed by atoms with Gasteiger partial charge in [0, 0.05) is 17.7 Å². The summed E-state index contributed by atoms with van der Waals surface area (Å²) in [5.41, 5.74) is 0.799. The van der Waals surface area contributed by atoms with Crippen LogP contribution in [-0.2, 0) is 6.54 Å². The number of methoxy groups -OCH3 is 1. The predicted molar refractivity (Wildman–Crippen MR) is 78.6 cm³/mol. The molecule has 2 aromatic heterocycles. The number of ether oxygens (including phenoxy) is 1. The Morgan fingerprint density at radius 2 is 2.13 bits per heavy atom. The largest absolute Gasteiger partial charge is 0.480 e. The summed E-state index contributed by atoms with van der Waals surface area (Å²) in [6.07, 6.45) is 0. The molecule has 0 saturated carbocycles. The quantitative estimate of drug-likeness (QED) is 0.730. The van der Waals surface area contributed by atoms with Gasteiger partial charge in [-0.25, -0.2) is 9.07 Å². The summed E-state index contributed by atoms with van der Waals surface area (Å²) in [6, 6.07) is 7.34. The third-order valence-corrected chi connectivity index (χ3v) is 3.22. The van der Waals surface area contributed by atoms with E-state index in [0.717, 1.165) is 4.68 Å². The van der Waals surface area contributed by atoms with Gasteiger partial charge in [0.25, 0.3) is 5.56 Å². The van der Waals surface area contributed by atoms with Crippen molar-refractivity contribution in [2.75, 3.05) is 7.11 Å². The molecule has 0 amide bonds. The van der Waals surface area contributed by atoms with E-state index >= 15 is 0 Å². The minimum Gasteiger partial charge on any atom is -0.480 e. The molecule has 0 aliphatic carbocycles. The lowest BCUT2D eigenvalue weighted by Gasteiger charge is -2.02. The topological polar surface area (TPSA) is 83.0 Å². The molecule has 0 spiro atoms.